The third kappa shape index (κ3) is 3.76. The number of benzene rings is 2. The lowest BCUT2D eigenvalue weighted by molar-refractivity contribution is 0.0193. The van der Waals surface area contributed by atoms with Crippen LogP contribution in [0.15, 0.2) is 60.8 Å². The van der Waals surface area contributed by atoms with Crippen LogP contribution in [0, 0.1) is 0 Å². The molecule has 5 nitrogen and oxygen atoms in total. The molecule has 0 bridgehead atoms. The molecule has 4 aromatic rings. The van der Waals surface area contributed by atoms with Gasteiger partial charge in [0, 0.05) is 53.2 Å². The summed E-state index contributed by atoms with van der Waals surface area (Å²) < 4.78 is 2.23. The first-order chi connectivity index (χ1) is 15.0. The molecule has 2 aromatic heterocycles. The normalized spacial score (nSPS) is 17.4. The van der Waals surface area contributed by atoms with Crippen molar-refractivity contribution in [2.24, 2.45) is 0 Å². The van der Waals surface area contributed by atoms with E-state index in [1.165, 1.54) is 0 Å². The highest BCUT2D eigenvalue weighted by Gasteiger charge is 2.31. The Morgan fingerprint density at radius 1 is 0.871 bits per heavy atom. The second-order valence-electron chi connectivity index (χ2n) is 8.06. The van der Waals surface area contributed by atoms with E-state index < -0.39 is 6.10 Å². The summed E-state index contributed by atoms with van der Waals surface area (Å²) in [5.74, 6) is 0.997. The molecule has 2 aromatic carbocycles. The van der Waals surface area contributed by atoms with Gasteiger partial charge in [-0.3, -0.25) is 4.90 Å². The largest absolute Gasteiger partial charge is 0.390 e. The van der Waals surface area contributed by atoms with E-state index in [0.717, 1.165) is 53.8 Å². The van der Waals surface area contributed by atoms with Gasteiger partial charge in [-0.2, -0.15) is 0 Å². The molecule has 1 aliphatic rings. The summed E-state index contributed by atoms with van der Waals surface area (Å²) in [5, 5.41) is 14.4. The lowest BCUT2D eigenvalue weighted by Crippen LogP contribution is -2.51. The van der Waals surface area contributed by atoms with Crippen molar-refractivity contribution in [2.45, 2.75) is 19.2 Å². The van der Waals surface area contributed by atoms with E-state index >= 15 is 0 Å². The van der Waals surface area contributed by atoms with E-state index in [1.807, 2.05) is 67.7 Å². The predicted octanol–water partition coefficient (Wildman–Crippen LogP) is 5.20. The number of hydrogen-bond donors (Lipinski definition) is 1. The van der Waals surface area contributed by atoms with Gasteiger partial charge in [-0.25, -0.2) is 4.98 Å². The van der Waals surface area contributed by atoms with Crippen LogP contribution in [-0.2, 0) is 0 Å². The molecular weight excluding hydrogens is 431 g/mol. The summed E-state index contributed by atoms with van der Waals surface area (Å²) in [6.45, 7) is 5.23. The lowest BCUT2D eigenvalue weighted by Gasteiger charge is -2.41. The number of nitrogens with zero attached hydrogens (tertiary/aromatic N) is 4. The topological polar surface area (TPSA) is 44.5 Å². The Balaban J connectivity index is 1.55. The Labute approximate surface area is 191 Å². The van der Waals surface area contributed by atoms with E-state index in [9.17, 15) is 5.11 Å². The third-order valence-electron chi connectivity index (χ3n) is 6.08. The third-order valence-corrected chi connectivity index (χ3v) is 6.55. The fourth-order valence-electron chi connectivity index (χ4n) is 4.72. The minimum Gasteiger partial charge on any atom is -0.390 e. The minimum absolute atomic E-state index is 0.201. The minimum atomic E-state index is -0.563. The molecule has 1 fully saturated rings. The number of aliphatic hydroxyl groups excluding tert-OH is 1. The monoisotopic (exact) mass is 454 g/mol. The highest BCUT2D eigenvalue weighted by Crippen LogP contribution is 2.37. The lowest BCUT2D eigenvalue weighted by atomic mass is 10.1. The van der Waals surface area contributed by atoms with Crippen LogP contribution in [0.3, 0.4) is 0 Å². The number of fused-ring (bicyclic) bond motifs is 3. The quantitative estimate of drug-likeness (QED) is 0.460. The zero-order valence-corrected chi connectivity index (χ0v) is 18.8. The number of aliphatic hydroxyl groups is 1. The molecule has 7 heteroatoms. The maximum atomic E-state index is 10.9. The summed E-state index contributed by atoms with van der Waals surface area (Å²) in [6, 6.07) is 17.8. The van der Waals surface area contributed by atoms with Crippen LogP contribution >= 0.6 is 23.2 Å². The molecule has 1 aliphatic heterocycles. The number of hydrogen-bond acceptors (Lipinski definition) is 4. The van der Waals surface area contributed by atoms with Crippen LogP contribution in [0.5, 0.6) is 0 Å². The maximum Gasteiger partial charge on any atom is 0.128 e. The van der Waals surface area contributed by atoms with Crippen molar-refractivity contribution in [1.82, 2.24) is 14.5 Å². The summed E-state index contributed by atoms with van der Waals surface area (Å²) in [6.07, 6.45) is 1.06. The van der Waals surface area contributed by atoms with E-state index in [4.69, 9.17) is 23.2 Å². The van der Waals surface area contributed by atoms with Gasteiger partial charge in [-0.1, -0.05) is 29.3 Å². The number of rotatable bonds is 4. The summed E-state index contributed by atoms with van der Waals surface area (Å²) in [4.78, 5) is 9.13. The molecule has 2 unspecified atom stereocenters. The number of aromatic nitrogens is 2. The SMILES string of the molecule is CC(O)C(N1CCN(c2ccccn2)CC1)n1c2ccc(Cl)cc2c2cc(Cl)ccc21. The zero-order chi connectivity index (χ0) is 21.5. The molecule has 0 radical (unpaired) electrons. The van der Waals surface area contributed by atoms with Crippen molar-refractivity contribution in [1.29, 1.82) is 0 Å². The van der Waals surface area contributed by atoms with Gasteiger partial charge >= 0.3 is 0 Å². The van der Waals surface area contributed by atoms with Gasteiger partial charge in [0.2, 0.25) is 0 Å². The van der Waals surface area contributed by atoms with Gasteiger partial charge in [-0.05, 0) is 55.5 Å². The molecule has 0 amide bonds. The molecule has 2 atom stereocenters. The van der Waals surface area contributed by atoms with Gasteiger partial charge in [0.1, 0.15) is 12.0 Å². The number of halogens is 2. The first kappa shape index (κ1) is 20.6. The van der Waals surface area contributed by atoms with Crippen molar-refractivity contribution >= 4 is 50.8 Å². The Morgan fingerprint density at radius 3 is 2.00 bits per heavy atom. The second-order valence-corrected chi connectivity index (χ2v) is 8.93. The first-order valence-electron chi connectivity index (χ1n) is 10.5. The average molecular weight is 455 g/mol. The van der Waals surface area contributed by atoms with E-state index in [2.05, 4.69) is 19.4 Å². The zero-order valence-electron chi connectivity index (χ0n) is 17.2. The van der Waals surface area contributed by atoms with Crippen molar-refractivity contribution in [3.8, 4) is 0 Å². The van der Waals surface area contributed by atoms with Crippen molar-refractivity contribution in [3.63, 3.8) is 0 Å². The summed E-state index contributed by atoms with van der Waals surface area (Å²) in [7, 11) is 0. The molecule has 3 heterocycles. The molecule has 1 N–H and O–H groups in total. The van der Waals surface area contributed by atoms with Crippen LogP contribution < -0.4 is 4.90 Å². The van der Waals surface area contributed by atoms with Crippen molar-refractivity contribution in [3.05, 3.63) is 70.8 Å². The molecule has 5 rings (SSSR count). The molecule has 31 heavy (non-hydrogen) atoms. The highest BCUT2D eigenvalue weighted by molar-refractivity contribution is 6.33. The van der Waals surface area contributed by atoms with Gasteiger partial charge in [0.15, 0.2) is 0 Å². The number of pyridine rings is 1. The average Bonchev–Trinajstić information content (AvgIpc) is 3.07. The Bertz CT molecular complexity index is 1160. The predicted molar refractivity (Wildman–Crippen MR) is 128 cm³/mol. The second kappa shape index (κ2) is 8.32. The van der Waals surface area contributed by atoms with Gasteiger partial charge in [0.05, 0.1) is 17.1 Å². The van der Waals surface area contributed by atoms with E-state index in [0.29, 0.717) is 10.0 Å². The van der Waals surface area contributed by atoms with E-state index in [-0.39, 0.29) is 6.17 Å². The van der Waals surface area contributed by atoms with Gasteiger partial charge in [0.25, 0.3) is 0 Å². The fraction of sp³-hybridized carbons (Fsp3) is 0.292. The van der Waals surface area contributed by atoms with Crippen LogP contribution in [0.1, 0.15) is 13.1 Å². The number of piperazine rings is 1. The Morgan fingerprint density at radius 2 is 1.48 bits per heavy atom. The maximum absolute atomic E-state index is 10.9. The molecule has 160 valence electrons. The molecule has 0 saturated carbocycles. The van der Waals surface area contributed by atoms with E-state index in [1.54, 1.807) is 0 Å². The van der Waals surface area contributed by atoms with Crippen molar-refractivity contribution < 1.29 is 5.11 Å². The van der Waals surface area contributed by atoms with Crippen LogP contribution in [0.2, 0.25) is 10.0 Å². The smallest absolute Gasteiger partial charge is 0.128 e. The Hall–Kier alpha value is -2.31. The number of anilines is 1. The molecule has 0 aliphatic carbocycles. The van der Waals surface area contributed by atoms with Crippen LogP contribution in [0.25, 0.3) is 21.8 Å². The highest BCUT2D eigenvalue weighted by atomic mass is 35.5. The molecule has 0 spiro atoms. The van der Waals surface area contributed by atoms with Gasteiger partial charge < -0.3 is 14.6 Å². The fourth-order valence-corrected chi connectivity index (χ4v) is 5.07. The standard InChI is InChI=1S/C24H24Cl2N4O/c1-16(31)24(29-12-10-28(11-13-29)23-4-2-3-9-27-23)30-21-7-5-17(25)14-19(21)20-15-18(26)6-8-22(20)30/h2-9,14-16,24,31H,10-13H2,1H3. The summed E-state index contributed by atoms with van der Waals surface area (Å²) in [5.41, 5.74) is 2.08. The van der Waals surface area contributed by atoms with Crippen molar-refractivity contribution in [2.75, 3.05) is 31.1 Å². The van der Waals surface area contributed by atoms with Crippen LogP contribution in [-0.4, -0.2) is 51.8 Å². The molecule has 1 saturated heterocycles. The first-order valence-corrected chi connectivity index (χ1v) is 11.3. The van der Waals surface area contributed by atoms with Gasteiger partial charge in [-0.15, -0.1) is 0 Å². The molecular formula is C24H24Cl2N4O. The Kier molecular flexibility index (Phi) is 5.52. The summed E-state index contributed by atoms with van der Waals surface area (Å²) >= 11 is 12.6. The van der Waals surface area contributed by atoms with Crippen LogP contribution in [0.4, 0.5) is 5.82 Å².